The molecule has 0 bridgehead atoms. The minimum atomic E-state index is -0.220. The van der Waals surface area contributed by atoms with Gasteiger partial charge in [-0.25, -0.2) is 0 Å². The number of halogens is 2. The number of hydrogen-bond acceptors (Lipinski definition) is 2. The normalized spacial score (nSPS) is 13.0. The molecule has 0 fully saturated rings. The lowest BCUT2D eigenvalue weighted by molar-refractivity contribution is 0.849. The topological polar surface area (TPSA) is 26.0 Å². The van der Waals surface area contributed by atoms with Gasteiger partial charge in [0.15, 0.2) is 0 Å². The van der Waals surface area contributed by atoms with E-state index in [1.54, 1.807) is 0 Å². The van der Waals surface area contributed by atoms with Crippen molar-refractivity contribution >= 4 is 34.5 Å². The van der Waals surface area contributed by atoms with Crippen LogP contribution in [0.1, 0.15) is 42.5 Å². The average molecular weight is 300 g/mol. The Balaban J connectivity index is 2.28. The average Bonchev–Trinajstić information content (AvgIpc) is 2.67. The third-order valence-electron chi connectivity index (χ3n) is 2.98. The minimum Gasteiger partial charge on any atom is -0.320 e. The van der Waals surface area contributed by atoms with Crippen molar-refractivity contribution in [3.63, 3.8) is 0 Å². The Morgan fingerprint density at radius 3 is 2.06 bits per heavy atom. The van der Waals surface area contributed by atoms with Crippen molar-refractivity contribution in [3.05, 3.63) is 55.7 Å². The van der Waals surface area contributed by atoms with E-state index in [4.69, 9.17) is 28.9 Å². The number of hydrogen-bond donors (Lipinski definition) is 1. The van der Waals surface area contributed by atoms with Crippen LogP contribution in [0.2, 0.25) is 8.67 Å². The predicted molar refractivity (Wildman–Crippen MR) is 80.9 cm³/mol. The Morgan fingerprint density at radius 1 is 1.06 bits per heavy atom. The second-order valence-corrected chi connectivity index (χ2v) is 6.86. The molecule has 2 aromatic rings. The summed E-state index contributed by atoms with van der Waals surface area (Å²) in [5.41, 5.74) is 9.47. The Kier molecular flexibility index (Phi) is 4.33. The molecule has 0 aliphatic heterocycles. The molecule has 18 heavy (non-hydrogen) atoms. The molecule has 1 aromatic heterocycles. The maximum absolute atomic E-state index is 6.22. The fourth-order valence-corrected chi connectivity index (χ4v) is 3.38. The third-order valence-corrected chi connectivity index (χ3v) is 4.50. The number of benzene rings is 1. The van der Waals surface area contributed by atoms with Crippen LogP contribution in [0, 0.1) is 0 Å². The lowest BCUT2D eigenvalue weighted by atomic mass is 9.97. The van der Waals surface area contributed by atoms with Gasteiger partial charge in [0.25, 0.3) is 0 Å². The summed E-state index contributed by atoms with van der Waals surface area (Å²) in [6, 6.07) is 9.96. The van der Waals surface area contributed by atoms with Crippen molar-refractivity contribution in [2.75, 3.05) is 0 Å². The van der Waals surface area contributed by atoms with Crippen LogP contribution in [0.15, 0.2) is 30.3 Å². The fourth-order valence-electron chi connectivity index (χ4n) is 1.83. The molecule has 0 saturated carbocycles. The summed E-state index contributed by atoms with van der Waals surface area (Å²) in [7, 11) is 0. The van der Waals surface area contributed by atoms with Gasteiger partial charge in [-0.15, -0.1) is 11.3 Å². The molecular formula is C14H15Cl2NS. The molecule has 0 amide bonds. The van der Waals surface area contributed by atoms with Crippen LogP contribution < -0.4 is 5.73 Å². The number of thiophene rings is 1. The summed E-state index contributed by atoms with van der Waals surface area (Å²) in [5.74, 6) is 0.523. The lowest BCUT2D eigenvalue weighted by Crippen LogP contribution is -2.11. The molecule has 1 heterocycles. The molecule has 1 aromatic carbocycles. The van der Waals surface area contributed by atoms with Gasteiger partial charge in [-0.2, -0.15) is 0 Å². The maximum atomic E-state index is 6.22. The van der Waals surface area contributed by atoms with Crippen molar-refractivity contribution < 1.29 is 0 Å². The molecule has 4 heteroatoms. The summed E-state index contributed by atoms with van der Waals surface area (Å²) in [6.45, 7) is 4.34. The Morgan fingerprint density at radius 2 is 1.61 bits per heavy atom. The van der Waals surface area contributed by atoms with Crippen LogP contribution >= 0.6 is 34.5 Å². The number of rotatable bonds is 3. The van der Waals surface area contributed by atoms with E-state index >= 15 is 0 Å². The van der Waals surface area contributed by atoms with Gasteiger partial charge in [0.05, 0.1) is 14.7 Å². The highest BCUT2D eigenvalue weighted by atomic mass is 35.5. The van der Waals surface area contributed by atoms with Crippen LogP contribution in [0.4, 0.5) is 0 Å². The molecule has 0 spiro atoms. The van der Waals surface area contributed by atoms with E-state index in [0.717, 1.165) is 11.1 Å². The lowest BCUT2D eigenvalue weighted by Gasteiger charge is -2.13. The van der Waals surface area contributed by atoms with E-state index in [1.165, 1.54) is 16.9 Å². The van der Waals surface area contributed by atoms with Crippen LogP contribution in [-0.2, 0) is 0 Å². The van der Waals surface area contributed by atoms with E-state index in [-0.39, 0.29) is 6.04 Å². The second-order valence-electron chi connectivity index (χ2n) is 4.58. The third kappa shape index (κ3) is 2.89. The van der Waals surface area contributed by atoms with E-state index in [2.05, 4.69) is 38.1 Å². The highest BCUT2D eigenvalue weighted by Gasteiger charge is 2.15. The summed E-state index contributed by atoms with van der Waals surface area (Å²) in [5, 5.41) is 0. The van der Waals surface area contributed by atoms with Crippen LogP contribution in [-0.4, -0.2) is 0 Å². The Hall–Kier alpha value is -0.540. The van der Waals surface area contributed by atoms with Gasteiger partial charge in [-0.1, -0.05) is 61.3 Å². The molecule has 1 atom stereocenters. The van der Waals surface area contributed by atoms with Crippen LogP contribution in [0.25, 0.3) is 0 Å². The first-order valence-corrected chi connectivity index (χ1v) is 7.36. The van der Waals surface area contributed by atoms with E-state index in [9.17, 15) is 0 Å². The van der Waals surface area contributed by atoms with E-state index < -0.39 is 0 Å². The first-order valence-electron chi connectivity index (χ1n) is 5.79. The molecule has 0 aliphatic carbocycles. The highest BCUT2D eigenvalue weighted by molar-refractivity contribution is 7.20. The zero-order valence-corrected chi connectivity index (χ0v) is 12.6. The zero-order valence-electron chi connectivity index (χ0n) is 10.3. The molecule has 0 radical (unpaired) electrons. The van der Waals surface area contributed by atoms with Gasteiger partial charge in [-0.3, -0.25) is 0 Å². The standard InChI is InChI=1S/C14H15Cl2NS/c1-8(2)9-3-5-10(6-4-9)13(17)11-7-12(15)18-14(11)16/h3-8,13H,17H2,1-2H3. The molecule has 1 unspecified atom stereocenters. The Labute approximate surface area is 122 Å². The Bertz CT molecular complexity index is 531. The zero-order chi connectivity index (χ0) is 13.3. The SMILES string of the molecule is CC(C)c1ccc(C(N)c2cc(Cl)sc2Cl)cc1. The molecule has 96 valence electrons. The maximum Gasteiger partial charge on any atom is 0.0995 e. The van der Waals surface area contributed by atoms with Gasteiger partial charge in [0, 0.05) is 5.56 Å². The van der Waals surface area contributed by atoms with Crippen LogP contribution in [0.5, 0.6) is 0 Å². The fraction of sp³-hybridized carbons (Fsp3) is 0.286. The van der Waals surface area contributed by atoms with Gasteiger partial charge in [-0.05, 0) is 23.1 Å². The molecular weight excluding hydrogens is 285 g/mol. The molecule has 2 rings (SSSR count). The van der Waals surface area contributed by atoms with Gasteiger partial charge in [0.2, 0.25) is 0 Å². The first kappa shape index (κ1) is 13.9. The van der Waals surface area contributed by atoms with Gasteiger partial charge in [0.1, 0.15) is 0 Å². The number of nitrogens with two attached hydrogens (primary N) is 1. The highest BCUT2D eigenvalue weighted by Crippen LogP contribution is 2.36. The summed E-state index contributed by atoms with van der Waals surface area (Å²) in [4.78, 5) is 0. The van der Waals surface area contributed by atoms with Crippen molar-refractivity contribution in [2.45, 2.75) is 25.8 Å². The van der Waals surface area contributed by atoms with Crippen molar-refractivity contribution in [3.8, 4) is 0 Å². The summed E-state index contributed by atoms with van der Waals surface area (Å²) < 4.78 is 1.34. The monoisotopic (exact) mass is 299 g/mol. The molecule has 2 N–H and O–H groups in total. The molecule has 1 nitrogen and oxygen atoms in total. The first-order chi connectivity index (χ1) is 8.49. The van der Waals surface area contributed by atoms with Gasteiger partial charge >= 0.3 is 0 Å². The van der Waals surface area contributed by atoms with Crippen molar-refractivity contribution in [1.82, 2.24) is 0 Å². The van der Waals surface area contributed by atoms with E-state index in [1.807, 2.05) is 6.07 Å². The van der Waals surface area contributed by atoms with Crippen molar-refractivity contribution in [2.24, 2.45) is 5.73 Å². The van der Waals surface area contributed by atoms with Gasteiger partial charge < -0.3 is 5.73 Å². The van der Waals surface area contributed by atoms with E-state index in [0.29, 0.717) is 14.6 Å². The second kappa shape index (κ2) is 5.62. The summed E-state index contributed by atoms with van der Waals surface area (Å²) in [6.07, 6.45) is 0. The predicted octanol–water partition coefficient (Wildman–Crippen LogP) is 5.23. The van der Waals surface area contributed by atoms with Crippen molar-refractivity contribution in [1.29, 1.82) is 0 Å². The molecule has 0 aliphatic rings. The largest absolute Gasteiger partial charge is 0.320 e. The molecule has 0 saturated heterocycles. The van der Waals surface area contributed by atoms with Crippen LogP contribution in [0.3, 0.4) is 0 Å². The summed E-state index contributed by atoms with van der Waals surface area (Å²) >= 11 is 13.4. The quantitative estimate of drug-likeness (QED) is 0.825. The smallest absolute Gasteiger partial charge is 0.0995 e. The minimum absolute atomic E-state index is 0.220.